The number of hydrogen-bond acceptors (Lipinski definition) is 4. The first-order chi connectivity index (χ1) is 13.3. The highest BCUT2D eigenvalue weighted by molar-refractivity contribution is 5.75. The average molecular weight is 376 g/mol. The molecule has 150 valence electrons. The standard InChI is InChI=1S/C21H32N2O4/c1-2-26-18-10-8-17(9-11-18)20-7-3-13-23(20)21(24)22-12-5-14-25-16-19-6-4-15-27-19/h8-11,19-20H,2-7,12-16H2,1H3,(H,22,24). The van der Waals surface area contributed by atoms with Gasteiger partial charge in [0, 0.05) is 26.3 Å². The summed E-state index contributed by atoms with van der Waals surface area (Å²) in [5.41, 5.74) is 1.17. The van der Waals surface area contributed by atoms with E-state index >= 15 is 0 Å². The number of likely N-dealkylation sites (tertiary alicyclic amines) is 1. The molecule has 6 nitrogen and oxygen atoms in total. The molecule has 27 heavy (non-hydrogen) atoms. The van der Waals surface area contributed by atoms with Gasteiger partial charge in [-0.15, -0.1) is 0 Å². The van der Waals surface area contributed by atoms with E-state index in [1.807, 2.05) is 24.0 Å². The zero-order valence-electron chi connectivity index (χ0n) is 16.3. The van der Waals surface area contributed by atoms with Crippen LogP contribution in [0.15, 0.2) is 24.3 Å². The van der Waals surface area contributed by atoms with Gasteiger partial charge in [0.15, 0.2) is 0 Å². The Kier molecular flexibility index (Phi) is 7.78. The van der Waals surface area contributed by atoms with Crippen LogP contribution >= 0.6 is 0 Å². The number of nitrogens with one attached hydrogen (secondary N) is 1. The van der Waals surface area contributed by atoms with E-state index in [9.17, 15) is 4.79 Å². The average Bonchev–Trinajstić information content (AvgIpc) is 3.37. The van der Waals surface area contributed by atoms with E-state index in [4.69, 9.17) is 14.2 Å². The topological polar surface area (TPSA) is 60.0 Å². The van der Waals surface area contributed by atoms with Gasteiger partial charge in [0.2, 0.25) is 0 Å². The maximum absolute atomic E-state index is 12.6. The molecule has 0 radical (unpaired) electrons. The second-order valence-electron chi connectivity index (χ2n) is 7.15. The van der Waals surface area contributed by atoms with Crippen LogP contribution in [0.2, 0.25) is 0 Å². The molecule has 1 N–H and O–H groups in total. The van der Waals surface area contributed by atoms with Crippen LogP contribution < -0.4 is 10.1 Å². The molecule has 0 bridgehead atoms. The van der Waals surface area contributed by atoms with Gasteiger partial charge < -0.3 is 24.4 Å². The number of amides is 2. The normalized spacial score (nSPS) is 22.2. The van der Waals surface area contributed by atoms with Gasteiger partial charge in [-0.1, -0.05) is 12.1 Å². The van der Waals surface area contributed by atoms with Gasteiger partial charge in [0.1, 0.15) is 5.75 Å². The Morgan fingerprint density at radius 3 is 2.85 bits per heavy atom. The summed E-state index contributed by atoms with van der Waals surface area (Å²) in [6.07, 6.45) is 5.36. The molecule has 2 aliphatic heterocycles. The Labute approximate surface area is 162 Å². The lowest BCUT2D eigenvalue weighted by molar-refractivity contribution is 0.0167. The quantitative estimate of drug-likeness (QED) is 0.670. The van der Waals surface area contributed by atoms with Crippen molar-refractivity contribution in [1.29, 1.82) is 0 Å². The van der Waals surface area contributed by atoms with Crippen LogP contribution in [0.3, 0.4) is 0 Å². The van der Waals surface area contributed by atoms with Gasteiger partial charge in [-0.3, -0.25) is 0 Å². The molecule has 3 rings (SSSR count). The predicted octanol–water partition coefficient (Wildman–Crippen LogP) is 3.52. The largest absolute Gasteiger partial charge is 0.494 e. The summed E-state index contributed by atoms with van der Waals surface area (Å²) in [6, 6.07) is 8.28. The Morgan fingerprint density at radius 2 is 2.11 bits per heavy atom. The van der Waals surface area contributed by atoms with Gasteiger partial charge >= 0.3 is 6.03 Å². The van der Waals surface area contributed by atoms with Crippen molar-refractivity contribution in [2.75, 3.05) is 39.5 Å². The first-order valence-electron chi connectivity index (χ1n) is 10.2. The molecule has 2 amide bonds. The van der Waals surface area contributed by atoms with E-state index in [-0.39, 0.29) is 18.2 Å². The monoisotopic (exact) mass is 376 g/mol. The number of carbonyl (C=O) groups excluding carboxylic acids is 1. The Hall–Kier alpha value is -1.79. The van der Waals surface area contributed by atoms with Gasteiger partial charge in [0.05, 0.1) is 25.4 Å². The van der Waals surface area contributed by atoms with Gasteiger partial charge in [-0.25, -0.2) is 4.79 Å². The van der Waals surface area contributed by atoms with Crippen molar-refractivity contribution in [2.45, 2.75) is 51.2 Å². The molecular weight excluding hydrogens is 344 g/mol. The molecule has 2 unspecified atom stereocenters. The number of benzene rings is 1. The molecule has 0 spiro atoms. The maximum Gasteiger partial charge on any atom is 0.317 e. The second kappa shape index (κ2) is 10.5. The molecule has 6 heteroatoms. The summed E-state index contributed by atoms with van der Waals surface area (Å²) >= 11 is 0. The fourth-order valence-electron chi connectivity index (χ4n) is 3.77. The minimum atomic E-state index is 0.0190. The van der Waals surface area contributed by atoms with E-state index in [0.717, 1.165) is 51.0 Å². The summed E-state index contributed by atoms with van der Waals surface area (Å²) in [4.78, 5) is 14.5. The van der Waals surface area contributed by atoms with Gasteiger partial charge in [-0.05, 0) is 56.7 Å². The molecule has 2 saturated heterocycles. The highest BCUT2D eigenvalue weighted by Gasteiger charge is 2.29. The zero-order valence-corrected chi connectivity index (χ0v) is 16.3. The molecule has 2 aliphatic rings. The van der Waals surface area contributed by atoms with Crippen molar-refractivity contribution in [3.63, 3.8) is 0 Å². The van der Waals surface area contributed by atoms with Crippen molar-refractivity contribution >= 4 is 6.03 Å². The Morgan fingerprint density at radius 1 is 1.26 bits per heavy atom. The smallest absolute Gasteiger partial charge is 0.317 e. The van der Waals surface area contributed by atoms with Crippen molar-refractivity contribution in [3.05, 3.63) is 29.8 Å². The van der Waals surface area contributed by atoms with E-state index in [1.54, 1.807) is 0 Å². The zero-order chi connectivity index (χ0) is 18.9. The molecule has 1 aromatic rings. The molecule has 0 saturated carbocycles. The summed E-state index contributed by atoms with van der Waals surface area (Å²) in [6.45, 7) is 6.26. The second-order valence-corrected chi connectivity index (χ2v) is 7.15. The fraction of sp³-hybridized carbons (Fsp3) is 0.667. The minimum Gasteiger partial charge on any atom is -0.494 e. The Bertz CT molecular complexity index is 572. The van der Waals surface area contributed by atoms with Crippen molar-refractivity contribution < 1.29 is 19.0 Å². The van der Waals surface area contributed by atoms with Gasteiger partial charge in [0.25, 0.3) is 0 Å². The van der Waals surface area contributed by atoms with Crippen LogP contribution in [0.4, 0.5) is 4.79 Å². The molecule has 0 aliphatic carbocycles. The summed E-state index contributed by atoms with van der Waals surface area (Å²) in [7, 11) is 0. The van der Waals surface area contributed by atoms with Crippen LogP contribution in [-0.2, 0) is 9.47 Å². The van der Waals surface area contributed by atoms with Crippen LogP contribution in [0.25, 0.3) is 0 Å². The lowest BCUT2D eigenvalue weighted by Crippen LogP contribution is -2.40. The molecule has 1 aromatic carbocycles. The number of nitrogens with zero attached hydrogens (tertiary/aromatic N) is 1. The third-order valence-corrected chi connectivity index (χ3v) is 5.16. The number of rotatable bonds is 9. The van der Waals surface area contributed by atoms with Crippen molar-refractivity contribution in [3.8, 4) is 5.75 Å². The first kappa shape index (κ1) is 20.0. The molecule has 2 fully saturated rings. The molecular formula is C21H32N2O4. The fourth-order valence-corrected chi connectivity index (χ4v) is 3.77. The third kappa shape index (κ3) is 5.84. The molecule has 0 aromatic heterocycles. The van der Waals surface area contributed by atoms with E-state index in [2.05, 4.69) is 17.4 Å². The van der Waals surface area contributed by atoms with Crippen LogP contribution in [0, 0.1) is 0 Å². The van der Waals surface area contributed by atoms with Crippen LogP contribution in [0.1, 0.15) is 50.6 Å². The van der Waals surface area contributed by atoms with Crippen molar-refractivity contribution in [2.24, 2.45) is 0 Å². The SMILES string of the molecule is CCOc1ccc(C2CCCN2C(=O)NCCCOCC2CCCO2)cc1. The summed E-state index contributed by atoms with van der Waals surface area (Å²) < 4.78 is 16.7. The first-order valence-corrected chi connectivity index (χ1v) is 10.2. The van der Waals surface area contributed by atoms with Crippen molar-refractivity contribution in [1.82, 2.24) is 10.2 Å². The highest BCUT2D eigenvalue weighted by atomic mass is 16.5. The number of carbonyl (C=O) groups is 1. The molecule has 2 atom stereocenters. The van der Waals surface area contributed by atoms with E-state index in [0.29, 0.717) is 26.4 Å². The number of urea groups is 1. The van der Waals surface area contributed by atoms with Gasteiger partial charge in [-0.2, -0.15) is 0 Å². The lowest BCUT2D eigenvalue weighted by Gasteiger charge is -2.25. The van der Waals surface area contributed by atoms with Crippen LogP contribution in [-0.4, -0.2) is 56.6 Å². The minimum absolute atomic E-state index is 0.0190. The third-order valence-electron chi connectivity index (χ3n) is 5.16. The van der Waals surface area contributed by atoms with Crippen LogP contribution in [0.5, 0.6) is 5.75 Å². The maximum atomic E-state index is 12.6. The number of hydrogen-bond donors (Lipinski definition) is 1. The highest BCUT2D eigenvalue weighted by Crippen LogP contribution is 2.32. The Balaban J connectivity index is 1.37. The van der Waals surface area contributed by atoms with E-state index < -0.39 is 0 Å². The van der Waals surface area contributed by atoms with E-state index in [1.165, 1.54) is 5.56 Å². The summed E-state index contributed by atoms with van der Waals surface area (Å²) in [5.74, 6) is 0.873. The number of ether oxygens (including phenoxy) is 3. The molecule has 2 heterocycles. The predicted molar refractivity (Wildman–Crippen MR) is 104 cm³/mol. The lowest BCUT2D eigenvalue weighted by atomic mass is 10.0. The summed E-state index contributed by atoms with van der Waals surface area (Å²) in [5, 5.41) is 3.04.